The predicted octanol–water partition coefficient (Wildman–Crippen LogP) is 4.38. The van der Waals surface area contributed by atoms with Crippen molar-refractivity contribution < 1.29 is 20.1 Å². The zero-order valence-electron chi connectivity index (χ0n) is 14.9. The minimum absolute atomic E-state index is 0.112. The van der Waals surface area contributed by atoms with Crippen molar-refractivity contribution in [2.45, 2.75) is 83.3 Å². The minimum atomic E-state index is -0.818. The number of carboxylic acids is 1. The van der Waals surface area contributed by atoms with Crippen molar-refractivity contribution in [3.63, 3.8) is 0 Å². The molecule has 0 fully saturated rings. The Hall–Kier alpha value is -1.39. The van der Waals surface area contributed by atoms with Gasteiger partial charge in [0.1, 0.15) is 0 Å². The fourth-order valence-corrected chi connectivity index (χ4v) is 2.23. The molecule has 0 aromatic rings. The van der Waals surface area contributed by atoms with Crippen molar-refractivity contribution in [1.29, 1.82) is 0 Å². The highest BCUT2D eigenvalue weighted by atomic mass is 16.4. The molecule has 0 aromatic carbocycles. The first-order valence-electron chi connectivity index (χ1n) is 9.12. The highest BCUT2D eigenvalue weighted by Crippen LogP contribution is 2.07. The molecule has 0 aromatic heterocycles. The zero-order chi connectivity index (χ0) is 18.0. The topological polar surface area (TPSA) is 77.8 Å². The summed E-state index contributed by atoms with van der Waals surface area (Å²) >= 11 is 0. The molecular formula is C20H34O4. The smallest absolute Gasteiger partial charge is 0.303 e. The second-order valence-corrected chi connectivity index (χ2v) is 6.10. The molecule has 2 atom stereocenters. The van der Waals surface area contributed by atoms with E-state index in [2.05, 4.69) is 13.0 Å². The lowest BCUT2D eigenvalue weighted by atomic mass is 10.1. The maximum absolute atomic E-state index is 10.4. The molecule has 24 heavy (non-hydrogen) atoms. The van der Waals surface area contributed by atoms with E-state index in [1.807, 2.05) is 24.3 Å². The summed E-state index contributed by atoms with van der Waals surface area (Å²) in [5.41, 5.74) is 0. The van der Waals surface area contributed by atoms with E-state index >= 15 is 0 Å². The van der Waals surface area contributed by atoms with Crippen LogP contribution in [0.1, 0.15) is 71.1 Å². The maximum Gasteiger partial charge on any atom is 0.303 e. The molecule has 0 saturated heterocycles. The lowest BCUT2D eigenvalue weighted by Gasteiger charge is -2.07. The Morgan fingerprint density at radius 2 is 1.75 bits per heavy atom. The van der Waals surface area contributed by atoms with Gasteiger partial charge < -0.3 is 15.3 Å². The Bertz CT molecular complexity index is 385. The van der Waals surface area contributed by atoms with Crippen LogP contribution in [0, 0.1) is 0 Å². The summed E-state index contributed by atoms with van der Waals surface area (Å²) < 4.78 is 0. The number of aliphatic carboxylic acids is 1. The van der Waals surface area contributed by atoms with E-state index < -0.39 is 18.2 Å². The highest BCUT2D eigenvalue weighted by molar-refractivity contribution is 5.66. The van der Waals surface area contributed by atoms with Crippen LogP contribution in [0.2, 0.25) is 0 Å². The maximum atomic E-state index is 10.4. The van der Waals surface area contributed by atoms with Gasteiger partial charge in [-0.1, -0.05) is 56.2 Å². The fourth-order valence-electron chi connectivity index (χ4n) is 2.23. The van der Waals surface area contributed by atoms with Crippen LogP contribution >= 0.6 is 0 Å². The number of unbranched alkanes of at least 4 members (excludes halogenated alkanes) is 3. The number of aliphatic hydroxyl groups is 2. The third-order valence-corrected chi connectivity index (χ3v) is 3.69. The number of aliphatic hydroxyl groups excluding tert-OH is 2. The van der Waals surface area contributed by atoms with Crippen LogP contribution in [0.15, 0.2) is 36.5 Å². The van der Waals surface area contributed by atoms with Gasteiger partial charge in [0, 0.05) is 6.42 Å². The van der Waals surface area contributed by atoms with Gasteiger partial charge in [-0.15, -0.1) is 0 Å². The molecule has 0 aliphatic rings. The van der Waals surface area contributed by atoms with Gasteiger partial charge in [-0.05, 0) is 44.9 Å². The Balaban J connectivity index is 3.66. The first-order valence-corrected chi connectivity index (χ1v) is 9.12. The molecule has 4 nitrogen and oxygen atoms in total. The third kappa shape index (κ3) is 17.0. The number of rotatable bonds is 15. The number of hydrogen-bond acceptors (Lipinski definition) is 3. The molecule has 0 aliphatic carbocycles. The average molecular weight is 338 g/mol. The summed E-state index contributed by atoms with van der Waals surface area (Å²) in [6.45, 7) is 2.19. The third-order valence-electron chi connectivity index (χ3n) is 3.69. The van der Waals surface area contributed by atoms with Crippen molar-refractivity contribution in [1.82, 2.24) is 0 Å². The normalized spacial score (nSPS) is 14.8. The van der Waals surface area contributed by atoms with Crippen LogP contribution in [-0.4, -0.2) is 33.5 Å². The lowest BCUT2D eigenvalue weighted by molar-refractivity contribution is -0.137. The van der Waals surface area contributed by atoms with Crippen LogP contribution in [0.3, 0.4) is 0 Å². The molecule has 0 spiro atoms. The molecule has 4 heteroatoms. The van der Waals surface area contributed by atoms with Gasteiger partial charge in [0.15, 0.2) is 0 Å². The number of carboxylic acid groups (broad SMARTS) is 1. The van der Waals surface area contributed by atoms with E-state index in [1.165, 1.54) is 19.3 Å². The van der Waals surface area contributed by atoms with E-state index in [1.54, 1.807) is 6.08 Å². The minimum Gasteiger partial charge on any atom is -0.481 e. The molecule has 0 aliphatic heterocycles. The fraction of sp³-hybridized carbons (Fsp3) is 0.650. The van der Waals surface area contributed by atoms with Gasteiger partial charge in [-0.3, -0.25) is 4.79 Å². The monoisotopic (exact) mass is 338 g/mol. The Morgan fingerprint density at radius 1 is 0.958 bits per heavy atom. The standard InChI is InChI=1S/C20H34O4/c1-2-3-4-5-6-9-13-18(21)14-10-7-8-11-15-19(22)16-12-17-20(23)24/h6-10,14,18-19,21-22H,2-5,11-13,15-17H2,1H3,(H,23,24)/b8-7+,9-6-,14-10+/t18-,19+/m1/s1. The summed E-state index contributed by atoms with van der Waals surface area (Å²) in [6, 6.07) is 0. The SMILES string of the molecule is CCCCC/C=C\C[C@@H](O)/C=C/C=C/CC[C@H](O)CCCC(=O)O. The summed E-state index contributed by atoms with van der Waals surface area (Å²) in [4.78, 5) is 10.4. The van der Waals surface area contributed by atoms with Crippen molar-refractivity contribution >= 4 is 5.97 Å². The molecule has 0 radical (unpaired) electrons. The summed E-state index contributed by atoms with van der Waals surface area (Å²) in [5, 5.41) is 28.0. The first kappa shape index (κ1) is 22.6. The molecular weight excluding hydrogens is 304 g/mol. The van der Waals surface area contributed by atoms with Crippen molar-refractivity contribution in [2.24, 2.45) is 0 Å². The molecule has 0 bridgehead atoms. The molecule has 0 rings (SSSR count). The number of carbonyl (C=O) groups is 1. The Labute approximate surface area is 146 Å². The largest absolute Gasteiger partial charge is 0.481 e. The van der Waals surface area contributed by atoms with E-state index in [4.69, 9.17) is 5.11 Å². The van der Waals surface area contributed by atoms with Gasteiger partial charge in [-0.25, -0.2) is 0 Å². The Kier molecular flexibility index (Phi) is 15.5. The lowest BCUT2D eigenvalue weighted by Crippen LogP contribution is -2.06. The second kappa shape index (κ2) is 16.5. The first-order chi connectivity index (χ1) is 11.6. The molecule has 0 unspecified atom stereocenters. The highest BCUT2D eigenvalue weighted by Gasteiger charge is 2.04. The second-order valence-electron chi connectivity index (χ2n) is 6.10. The molecule has 3 N–H and O–H groups in total. The summed E-state index contributed by atoms with van der Waals surface area (Å²) in [5.74, 6) is -0.818. The van der Waals surface area contributed by atoms with Crippen molar-refractivity contribution in [3.05, 3.63) is 36.5 Å². The molecule has 0 amide bonds. The van der Waals surface area contributed by atoms with Gasteiger partial charge >= 0.3 is 5.97 Å². The average Bonchev–Trinajstić information content (AvgIpc) is 2.53. The summed E-state index contributed by atoms with van der Waals surface area (Å²) in [6.07, 6.45) is 18.6. The van der Waals surface area contributed by atoms with Crippen LogP contribution in [-0.2, 0) is 4.79 Å². The van der Waals surface area contributed by atoms with E-state index in [9.17, 15) is 15.0 Å². The van der Waals surface area contributed by atoms with Crippen LogP contribution in [0.5, 0.6) is 0 Å². The quantitative estimate of drug-likeness (QED) is 0.235. The Morgan fingerprint density at radius 3 is 2.46 bits per heavy atom. The zero-order valence-corrected chi connectivity index (χ0v) is 14.9. The predicted molar refractivity (Wildman–Crippen MR) is 98.9 cm³/mol. The summed E-state index contributed by atoms with van der Waals surface area (Å²) in [7, 11) is 0. The van der Waals surface area contributed by atoms with E-state index in [0.717, 1.165) is 12.8 Å². The van der Waals surface area contributed by atoms with Gasteiger partial charge in [0.25, 0.3) is 0 Å². The molecule has 0 saturated carbocycles. The van der Waals surface area contributed by atoms with Crippen molar-refractivity contribution in [3.8, 4) is 0 Å². The number of hydrogen-bond donors (Lipinski definition) is 3. The van der Waals surface area contributed by atoms with Crippen LogP contribution in [0.4, 0.5) is 0 Å². The van der Waals surface area contributed by atoms with E-state index in [-0.39, 0.29) is 6.42 Å². The van der Waals surface area contributed by atoms with Gasteiger partial charge in [0.2, 0.25) is 0 Å². The van der Waals surface area contributed by atoms with Gasteiger partial charge in [-0.2, -0.15) is 0 Å². The van der Waals surface area contributed by atoms with Crippen molar-refractivity contribution in [2.75, 3.05) is 0 Å². The van der Waals surface area contributed by atoms with Crippen LogP contribution in [0.25, 0.3) is 0 Å². The molecule has 0 heterocycles. The van der Waals surface area contributed by atoms with Crippen LogP contribution < -0.4 is 0 Å². The number of allylic oxidation sites excluding steroid dienone is 4. The molecule has 138 valence electrons. The van der Waals surface area contributed by atoms with Gasteiger partial charge in [0.05, 0.1) is 12.2 Å². The van der Waals surface area contributed by atoms with E-state index in [0.29, 0.717) is 25.7 Å².